The van der Waals surface area contributed by atoms with E-state index in [4.69, 9.17) is 30.5 Å². The van der Waals surface area contributed by atoms with Crippen LogP contribution in [0.3, 0.4) is 0 Å². The van der Waals surface area contributed by atoms with Gasteiger partial charge in [0.25, 0.3) is 0 Å². The lowest BCUT2D eigenvalue weighted by Crippen LogP contribution is -2.13. The van der Waals surface area contributed by atoms with E-state index in [0.29, 0.717) is 36.2 Å². The van der Waals surface area contributed by atoms with E-state index in [-0.39, 0.29) is 6.79 Å². The molecule has 4 rings (SSSR count). The Morgan fingerprint density at radius 1 is 0.933 bits per heavy atom. The highest BCUT2D eigenvalue weighted by atomic mass is 35.5. The van der Waals surface area contributed by atoms with Crippen molar-refractivity contribution in [3.63, 3.8) is 0 Å². The predicted molar refractivity (Wildman–Crippen MR) is 117 cm³/mol. The highest BCUT2D eigenvalue weighted by Gasteiger charge is 2.14. The minimum atomic E-state index is 0.278. The second kappa shape index (κ2) is 9.28. The molecule has 0 bridgehead atoms. The molecule has 1 aliphatic heterocycles. The number of fused-ring (bicyclic) bond motifs is 1. The molecule has 30 heavy (non-hydrogen) atoms. The molecular formula is C24H24ClNO4. The molecule has 0 saturated carbocycles. The van der Waals surface area contributed by atoms with Gasteiger partial charge in [0.2, 0.25) is 6.79 Å². The van der Waals surface area contributed by atoms with E-state index in [1.54, 1.807) is 7.11 Å². The summed E-state index contributed by atoms with van der Waals surface area (Å²) in [6.07, 6.45) is 0. The maximum absolute atomic E-state index is 6.51. The fourth-order valence-corrected chi connectivity index (χ4v) is 3.56. The van der Waals surface area contributed by atoms with Gasteiger partial charge in [-0.2, -0.15) is 0 Å². The molecule has 0 aliphatic carbocycles. The lowest BCUT2D eigenvalue weighted by molar-refractivity contribution is 0.174. The molecule has 0 fully saturated rings. The van der Waals surface area contributed by atoms with E-state index in [0.717, 1.165) is 28.2 Å². The topological polar surface area (TPSA) is 49.0 Å². The van der Waals surface area contributed by atoms with Gasteiger partial charge in [0.1, 0.15) is 6.61 Å². The van der Waals surface area contributed by atoms with E-state index in [1.165, 1.54) is 5.56 Å². The Kier molecular flexibility index (Phi) is 6.31. The molecule has 1 N–H and O–H groups in total. The van der Waals surface area contributed by atoms with Gasteiger partial charge in [-0.05, 0) is 41.8 Å². The van der Waals surface area contributed by atoms with E-state index in [1.807, 2.05) is 42.5 Å². The number of hydrogen-bond donors (Lipinski definition) is 1. The average Bonchev–Trinajstić information content (AvgIpc) is 3.21. The van der Waals surface area contributed by atoms with Crippen LogP contribution in [0.1, 0.15) is 22.3 Å². The molecule has 6 heteroatoms. The molecule has 0 unspecified atom stereocenters. The van der Waals surface area contributed by atoms with Crippen LogP contribution in [-0.2, 0) is 19.7 Å². The molecule has 0 atom stereocenters. The lowest BCUT2D eigenvalue weighted by Gasteiger charge is -2.15. The van der Waals surface area contributed by atoms with Gasteiger partial charge in [-0.1, -0.05) is 47.5 Å². The zero-order valence-corrected chi connectivity index (χ0v) is 17.8. The van der Waals surface area contributed by atoms with Gasteiger partial charge in [-0.3, -0.25) is 0 Å². The summed E-state index contributed by atoms with van der Waals surface area (Å²) in [6.45, 7) is 4.07. The van der Waals surface area contributed by atoms with Crippen LogP contribution < -0.4 is 24.3 Å². The van der Waals surface area contributed by atoms with Crippen molar-refractivity contribution in [2.75, 3.05) is 13.9 Å². The minimum Gasteiger partial charge on any atom is -0.493 e. The smallest absolute Gasteiger partial charge is 0.231 e. The number of nitrogens with one attached hydrogen (secondary N) is 1. The maximum atomic E-state index is 6.51. The van der Waals surface area contributed by atoms with Gasteiger partial charge in [-0.25, -0.2) is 0 Å². The molecule has 3 aromatic rings. The second-order valence-corrected chi connectivity index (χ2v) is 7.57. The van der Waals surface area contributed by atoms with Crippen molar-refractivity contribution in [3.05, 3.63) is 81.9 Å². The fraction of sp³-hybridized carbons (Fsp3) is 0.250. The Hall–Kier alpha value is -2.89. The molecule has 3 aromatic carbocycles. The Balaban J connectivity index is 1.39. The van der Waals surface area contributed by atoms with Crippen LogP contribution in [0.2, 0.25) is 5.02 Å². The van der Waals surface area contributed by atoms with Crippen molar-refractivity contribution in [2.45, 2.75) is 26.6 Å². The Labute approximate surface area is 181 Å². The summed E-state index contributed by atoms with van der Waals surface area (Å²) in [7, 11) is 1.63. The zero-order valence-electron chi connectivity index (χ0n) is 17.0. The second-order valence-electron chi connectivity index (χ2n) is 7.16. The van der Waals surface area contributed by atoms with E-state index in [2.05, 4.69) is 24.4 Å². The van der Waals surface area contributed by atoms with Crippen LogP contribution in [-0.4, -0.2) is 13.9 Å². The van der Waals surface area contributed by atoms with Crippen molar-refractivity contribution in [1.29, 1.82) is 0 Å². The molecule has 0 aromatic heterocycles. The first-order valence-corrected chi connectivity index (χ1v) is 10.1. The van der Waals surface area contributed by atoms with E-state index in [9.17, 15) is 0 Å². The van der Waals surface area contributed by atoms with Gasteiger partial charge < -0.3 is 24.3 Å². The van der Waals surface area contributed by atoms with Gasteiger partial charge in [-0.15, -0.1) is 0 Å². The number of methoxy groups -OCH3 is 1. The number of ether oxygens (including phenoxy) is 4. The van der Waals surface area contributed by atoms with Crippen LogP contribution in [0, 0.1) is 6.92 Å². The van der Waals surface area contributed by atoms with Gasteiger partial charge in [0, 0.05) is 24.2 Å². The van der Waals surface area contributed by atoms with Crippen LogP contribution in [0.25, 0.3) is 0 Å². The molecule has 5 nitrogen and oxygen atoms in total. The third-order valence-corrected chi connectivity index (χ3v) is 5.24. The van der Waals surface area contributed by atoms with Gasteiger partial charge in [0.05, 0.1) is 7.11 Å². The molecule has 156 valence electrons. The molecule has 0 spiro atoms. The monoisotopic (exact) mass is 425 g/mol. The van der Waals surface area contributed by atoms with Crippen LogP contribution in [0.5, 0.6) is 23.0 Å². The van der Waals surface area contributed by atoms with Gasteiger partial charge in [0.15, 0.2) is 23.0 Å². The first-order valence-electron chi connectivity index (χ1n) is 9.76. The predicted octanol–water partition coefficient (Wildman–Crippen LogP) is 5.25. The fourth-order valence-electron chi connectivity index (χ4n) is 3.34. The first kappa shape index (κ1) is 20.4. The van der Waals surface area contributed by atoms with Crippen molar-refractivity contribution in [1.82, 2.24) is 5.32 Å². The standard InChI is InChI=1S/C24H24ClNO4/c1-16-4-3-5-18(8-16)14-28-24-11-20(25)19(10-22(24)27-2)13-26-12-17-6-7-21-23(9-17)30-15-29-21/h3-11,26H,12-15H2,1-2H3. The quantitative estimate of drug-likeness (QED) is 0.533. The Bertz CT molecular complexity index is 1040. The number of benzene rings is 3. The number of aryl methyl sites for hydroxylation is 1. The average molecular weight is 426 g/mol. The first-order chi connectivity index (χ1) is 14.6. The van der Waals surface area contributed by atoms with Crippen LogP contribution in [0.4, 0.5) is 0 Å². The summed E-state index contributed by atoms with van der Waals surface area (Å²) < 4.78 is 22.3. The van der Waals surface area contributed by atoms with Crippen molar-refractivity contribution < 1.29 is 18.9 Å². The van der Waals surface area contributed by atoms with Gasteiger partial charge >= 0.3 is 0 Å². The molecular weight excluding hydrogens is 402 g/mol. The summed E-state index contributed by atoms with van der Waals surface area (Å²) in [5.74, 6) is 2.85. The summed E-state index contributed by atoms with van der Waals surface area (Å²) in [6, 6.07) is 17.9. The van der Waals surface area contributed by atoms with E-state index >= 15 is 0 Å². The number of hydrogen-bond acceptors (Lipinski definition) is 5. The molecule has 1 aliphatic rings. The summed E-state index contributed by atoms with van der Waals surface area (Å²) in [5.41, 5.74) is 4.35. The van der Waals surface area contributed by atoms with Crippen molar-refractivity contribution >= 4 is 11.6 Å². The summed E-state index contributed by atoms with van der Waals surface area (Å²) in [5, 5.41) is 4.04. The SMILES string of the molecule is COc1cc(CNCc2ccc3c(c2)OCO3)c(Cl)cc1OCc1cccc(C)c1. The van der Waals surface area contributed by atoms with Crippen molar-refractivity contribution in [3.8, 4) is 23.0 Å². The minimum absolute atomic E-state index is 0.278. The largest absolute Gasteiger partial charge is 0.493 e. The maximum Gasteiger partial charge on any atom is 0.231 e. The van der Waals surface area contributed by atoms with E-state index < -0.39 is 0 Å². The zero-order chi connectivity index (χ0) is 20.9. The lowest BCUT2D eigenvalue weighted by atomic mass is 10.1. The summed E-state index contributed by atoms with van der Waals surface area (Å²) >= 11 is 6.51. The Morgan fingerprint density at radius 2 is 1.80 bits per heavy atom. The molecule has 0 amide bonds. The summed E-state index contributed by atoms with van der Waals surface area (Å²) in [4.78, 5) is 0. The number of halogens is 1. The van der Waals surface area contributed by atoms with Crippen molar-refractivity contribution in [2.24, 2.45) is 0 Å². The van der Waals surface area contributed by atoms with Crippen LogP contribution in [0.15, 0.2) is 54.6 Å². The number of rotatable bonds is 8. The van der Waals surface area contributed by atoms with Crippen LogP contribution >= 0.6 is 11.6 Å². The third-order valence-electron chi connectivity index (χ3n) is 4.89. The third kappa shape index (κ3) is 4.81. The normalized spacial score (nSPS) is 12.1. The molecule has 1 heterocycles. The highest BCUT2D eigenvalue weighted by molar-refractivity contribution is 6.31. The highest BCUT2D eigenvalue weighted by Crippen LogP contribution is 2.34. The molecule has 0 saturated heterocycles. The molecule has 0 radical (unpaired) electrons. The Morgan fingerprint density at radius 3 is 2.63 bits per heavy atom.